The summed E-state index contributed by atoms with van der Waals surface area (Å²) in [5.74, 6) is 1.64. The number of aliphatic imine (C=N–C) groups is 1. The lowest BCUT2D eigenvalue weighted by Crippen LogP contribution is -2.50. The van der Waals surface area contributed by atoms with Gasteiger partial charge in [0.25, 0.3) is 5.91 Å². The van der Waals surface area contributed by atoms with E-state index in [0.29, 0.717) is 44.1 Å². The molecule has 0 fully saturated rings. The van der Waals surface area contributed by atoms with Gasteiger partial charge in [0.2, 0.25) is 5.90 Å². The third-order valence-electron chi connectivity index (χ3n) is 8.63. The van der Waals surface area contributed by atoms with E-state index in [9.17, 15) is 4.79 Å². The molecule has 6 rings (SSSR count). The van der Waals surface area contributed by atoms with Crippen molar-refractivity contribution in [3.8, 4) is 22.6 Å². The maximum Gasteiger partial charge on any atom is 0.252 e. The second-order valence-corrected chi connectivity index (χ2v) is 12.8. The third-order valence-corrected chi connectivity index (χ3v) is 9.40. The van der Waals surface area contributed by atoms with Gasteiger partial charge in [0.05, 0.1) is 13.7 Å². The van der Waals surface area contributed by atoms with Crippen LogP contribution in [0.25, 0.3) is 11.1 Å². The number of hydrogen-bond donors (Lipinski definition) is 2. The summed E-state index contributed by atoms with van der Waals surface area (Å²) in [7, 11) is 1.64. The lowest BCUT2D eigenvalue weighted by atomic mass is 9.81. The molecule has 0 bridgehead atoms. The van der Waals surface area contributed by atoms with Crippen molar-refractivity contribution in [2.75, 3.05) is 26.9 Å². The minimum absolute atomic E-state index is 0.0677. The van der Waals surface area contributed by atoms with E-state index in [2.05, 4.69) is 45.5 Å². The Morgan fingerprint density at radius 3 is 2.18 bits per heavy atom. The van der Waals surface area contributed by atoms with Crippen molar-refractivity contribution < 1.29 is 24.1 Å². The first kappa shape index (κ1) is 34.0. The molecule has 2 N–H and O–H groups in total. The van der Waals surface area contributed by atoms with Gasteiger partial charge >= 0.3 is 0 Å². The molecule has 0 saturated heterocycles. The monoisotopic (exact) mass is 718 g/mol. The van der Waals surface area contributed by atoms with E-state index >= 15 is 0 Å². The molecular formula is C41H39BrN2O5. The molecule has 49 heavy (non-hydrogen) atoms. The zero-order valence-electron chi connectivity index (χ0n) is 27.3. The van der Waals surface area contributed by atoms with E-state index in [0.717, 1.165) is 43.6 Å². The van der Waals surface area contributed by atoms with Crippen LogP contribution < -0.4 is 14.8 Å². The van der Waals surface area contributed by atoms with Gasteiger partial charge in [-0.25, -0.2) is 4.99 Å². The zero-order chi connectivity index (χ0) is 34.1. The number of methoxy groups -OCH3 is 1. The van der Waals surface area contributed by atoms with Crippen LogP contribution in [0.1, 0.15) is 34.8 Å². The van der Waals surface area contributed by atoms with E-state index in [-0.39, 0.29) is 12.5 Å². The highest BCUT2D eigenvalue weighted by atomic mass is 79.9. The average Bonchev–Trinajstić information content (AvgIpc) is 3.54. The highest BCUT2D eigenvalue weighted by molar-refractivity contribution is 9.10. The van der Waals surface area contributed by atoms with Crippen LogP contribution in [0.3, 0.4) is 0 Å². The quantitative estimate of drug-likeness (QED) is 0.115. The standard InChI is InChI=1S/C41H39BrN2O5/c1-47-35-20-12-29(13-21-35)24-25-43-40(46)41(28-34-10-5-6-11-37(34)42)38(32-16-14-31(15-17-32)30-8-3-2-4-9-30)49-39(44-41)33-18-22-36(23-19-33)48-27-7-26-45/h2-6,8-23,38,45H,7,24-28H2,1H3,(H,43,46)/t38-,41-/m1/s1. The first-order valence-electron chi connectivity index (χ1n) is 16.4. The smallest absolute Gasteiger partial charge is 0.252 e. The maximum absolute atomic E-state index is 14.6. The van der Waals surface area contributed by atoms with E-state index in [1.165, 1.54) is 0 Å². The Morgan fingerprint density at radius 1 is 0.837 bits per heavy atom. The molecule has 0 unspecified atom stereocenters. The number of amides is 1. The van der Waals surface area contributed by atoms with Gasteiger partial charge in [-0.1, -0.05) is 101 Å². The largest absolute Gasteiger partial charge is 0.497 e. The molecule has 250 valence electrons. The highest BCUT2D eigenvalue weighted by Crippen LogP contribution is 2.44. The van der Waals surface area contributed by atoms with Crippen LogP contribution in [0.4, 0.5) is 0 Å². The number of hydrogen-bond acceptors (Lipinski definition) is 6. The Morgan fingerprint density at radius 2 is 1.49 bits per heavy atom. The molecule has 0 saturated carbocycles. The van der Waals surface area contributed by atoms with Crippen molar-refractivity contribution in [1.82, 2.24) is 5.32 Å². The van der Waals surface area contributed by atoms with Crippen LogP contribution in [0.2, 0.25) is 0 Å². The van der Waals surface area contributed by atoms with Crippen molar-refractivity contribution in [3.63, 3.8) is 0 Å². The van der Waals surface area contributed by atoms with Gasteiger partial charge in [-0.15, -0.1) is 0 Å². The summed E-state index contributed by atoms with van der Waals surface area (Å²) in [6.45, 7) is 0.908. The third kappa shape index (κ3) is 8.04. The van der Waals surface area contributed by atoms with Crippen LogP contribution in [0.15, 0.2) is 137 Å². The fourth-order valence-corrected chi connectivity index (χ4v) is 6.39. The topological polar surface area (TPSA) is 89.4 Å². The average molecular weight is 720 g/mol. The van der Waals surface area contributed by atoms with Crippen LogP contribution in [0.5, 0.6) is 11.5 Å². The minimum Gasteiger partial charge on any atom is -0.497 e. The van der Waals surface area contributed by atoms with Crippen LogP contribution in [-0.4, -0.2) is 49.3 Å². The summed E-state index contributed by atoms with van der Waals surface area (Å²) < 4.78 is 18.7. The molecule has 0 radical (unpaired) electrons. The van der Waals surface area contributed by atoms with Gasteiger partial charge < -0.3 is 24.6 Å². The van der Waals surface area contributed by atoms with E-state index in [1.54, 1.807) is 7.11 Å². The number of benzene rings is 5. The molecule has 0 spiro atoms. The molecule has 1 aliphatic rings. The Bertz CT molecular complexity index is 1860. The van der Waals surface area contributed by atoms with Crippen molar-refractivity contribution in [2.24, 2.45) is 4.99 Å². The molecule has 5 aromatic rings. The maximum atomic E-state index is 14.6. The molecule has 2 atom stereocenters. The Hall–Kier alpha value is -4.92. The van der Waals surface area contributed by atoms with Gasteiger partial charge in [0.15, 0.2) is 11.6 Å². The minimum atomic E-state index is -1.32. The van der Waals surface area contributed by atoms with Gasteiger partial charge in [0.1, 0.15) is 11.5 Å². The van der Waals surface area contributed by atoms with Crippen LogP contribution >= 0.6 is 15.9 Å². The number of rotatable bonds is 14. The van der Waals surface area contributed by atoms with Gasteiger partial charge in [-0.3, -0.25) is 4.79 Å². The molecule has 0 aromatic heterocycles. The molecule has 1 heterocycles. The number of nitrogens with zero attached hydrogens (tertiary/aromatic N) is 1. The fraction of sp³-hybridized carbons (Fsp3) is 0.220. The van der Waals surface area contributed by atoms with E-state index in [4.69, 9.17) is 24.3 Å². The summed E-state index contributed by atoms with van der Waals surface area (Å²) >= 11 is 3.72. The summed E-state index contributed by atoms with van der Waals surface area (Å²) in [5, 5.41) is 12.3. The van der Waals surface area contributed by atoms with E-state index in [1.807, 2.05) is 103 Å². The number of carbonyl (C=O) groups is 1. The number of halogens is 1. The van der Waals surface area contributed by atoms with Crippen molar-refractivity contribution in [3.05, 3.63) is 154 Å². The van der Waals surface area contributed by atoms with Crippen LogP contribution in [-0.2, 0) is 22.4 Å². The normalized spacial score (nSPS) is 16.8. The number of aliphatic hydroxyl groups is 1. The summed E-state index contributed by atoms with van der Waals surface area (Å²) in [6, 6.07) is 41.6. The van der Waals surface area contributed by atoms with E-state index < -0.39 is 11.6 Å². The SMILES string of the molecule is COc1ccc(CCNC(=O)[C@]2(Cc3ccccc3Br)N=C(c3ccc(OCCCO)cc3)O[C@@H]2c2ccc(-c3ccccc3)cc2)cc1. The first-order valence-corrected chi connectivity index (χ1v) is 17.2. The zero-order valence-corrected chi connectivity index (χ0v) is 28.9. The molecule has 0 aliphatic carbocycles. The molecule has 1 aliphatic heterocycles. The molecule has 8 heteroatoms. The summed E-state index contributed by atoms with van der Waals surface area (Å²) in [5.41, 5.74) is 4.47. The number of aliphatic hydroxyl groups excluding tert-OH is 1. The molecule has 1 amide bonds. The lowest BCUT2D eigenvalue weighted by molar-refractivity contribution is -0.128. The predicted octanol–water partition coefficient (Wildman–Crippen LogP) is 7.74. The molecule has 5 aromatic carbocycles. The number of carbonyl (C=O) groups excluding carboxylic acids is 1. The van der Waals surface area contributed by atoms with Gasteiger partial charge in [0, 0.05) is 36.0 Å². The first-order chi connectivity index (χ1) is 24.0. The van der Waals surface area contributed by atoms with Gasteiger partial charge in [-0.05, 0) is 76.7 Å². The Balaban J connectivity index is 1.37. The summed E-state index contributed by atoms with van der Waals surface area (Å²) in [4.78, 5) is 19.8. The highest BCUT2D eigenvalue weighted by Gasteiger charge is 2.53. The predicted molar refractivity (Wildman–Crippen MR) is 196 cm³/mol. The van der Waals surface area contributed by atoms with Crippen molar-refractivity contribution >= 4 is 27.7 Å². The Labute approximate surface area is 295 Å². The number of nitrogens with one attached hydrogen (secondary N) is 1. The summed E-state index contributed by atoms with van der Waals surface area (Å²) in [6.07, 6.45) is 0.792. The van der Waals surface area contributed by atoms with Crippen LogP contribution in [0, 0.1) is 0 Å². The van der Waals surface area contributed by atoms with Crippen molar-refractivity contribution in [2.45, 2.75) is 30.9 Å². The van der Waals surface area contributed by atoms with Crippen molar-refractivity contribution in [1.29, 1.82) is 0 Å². The van der Waals surface area contributed by atoms with Gasteiger partial charge in [-0.2, -0.15) is 0 Å². The second kappa shape index (κ2) is 16.0. The Kier molecular flexibility index (Phi) is 11.1. The second-order valence-electron chi connectivity index (χ2n) is 11.9. The molecular weight excluding hydrogens is 680 g/mol. The lowest BCUT2D eigenvalue weighted by Gasteiger charge is -2.31. The number of ether oxygens (including phenoxy) is 3. The fourth-order valence-electron chi connectivity index (χ4n) is 5.96. The molecule has 7 nitrogen and oxygen atoms in total.